The number of nitrogens with two attached hydrogens (primary N) is 1. The molecule has 1 heterocycles. The molecule has 3 heteroatoms. The van der Waals surface area contributed by atoms with Crippen LogP contribution in [-0.4, -0.2) is 19.0 Å². The van der Waals surface area contributed by atoms with Gasteiger partial charge in [-0.3, -0.25) is 4.79 Å². The fourth-order valence-corrected chi connectivity index (χ4v) is 3.32. The highest BCUT2D eigenvalue weighted by atomic mass is 16.2. The summed E-state index contributed by atoms with van der Waals surface area (Å²) in [5.41, 5.74) is 8.24. The molecular weight excluding hydrogens is 260 g/mol. The number of benzene rings is 1. The Morgan fingerprint density at radius 3 is 2.76 bits per heavy atom. The van der Waals surface area contributed by atoms with Crippen molar-refractivity contribution in [1.82, 2.24) is 0 Å². The van der Waals surface area contributed by atoms with E-state index in [2.05, 4.69) is 39.0 Å². The molecule has 21 heavy (non-hydrogen) atoms. The molecule has 2 atom stereocenters. The SMILES string of the molecule is CC(C)CC(CN)CC(=O)N1CC(C)Cc2ccccc21. The van der Waals surface area contributed by atoms with Gasteiger partial charge in [-0.15, -0.1) is 0 Å². The van der Waals surface area contributed by atoms with Gasteiger partial charge in [0.1, 0.15) is 0 Å². The van der Waals surface area contributed by atoms with Crippen LogP contribution in [-0.2, 0) is 11.2 Å². The number of hydrogen-bond acceptors (Lipinski definition) is 2. The van der Waals surface area contributed by atoms with Crippen molar-refractivity contribution in [1.29, 1.82) is 0 Å². The fraction of sp³-hybridized carbons (Fsp3) is 0.611. The Morgan fingerprint density at radius 1 is 1.38 bits per heavy atom. The fourth-order valence-electron chi connectivity index (χ4n) is 3.32. The van der Waals surface area contributed by atoms with Crippen LogP contribution in [0.1, 0.15) is 39.2 Å². The highest BCUT2D eigenvalue weighted by Crippen LogP contribution is 2.30. The minimum absolute atomic E-state index is 0.227. The predicted molar refractivity (Wildman–Crippen MR) is 88.3 cm³/mol. The molecule has 0 bridgehead atoms. The molecule has 2 N–H and O–H groups in total. The van der Waals surface area contributed by atoms with Gasteiger partial charge in [0.15, 0.2) is 0 Å². The van der Waals surface area contributed by atoms with Gasteiger partial charge in [-0.25, -0.2) is 0 Å². The molecule has 1 aliphatic rings. The van der Waals surface area contributed by atoms with Crippen molar-refractivity contribution < 1.29 is 4.79 Å². The number of fused-ring (bicyclic) bond motifs is 1. The second-order valence-corrected chi connectivity index (χ2v) is 6.88. The Kier molecular flexibility index (Phi) is 5.40. The largest absolute Gasteiger partial charge is 0.330 e. The molecule has 0 saturated heterocycles. The number of nitrogens with zero attached hydrogens (tertiary/aromatic N) is 1. The van der Waals surface area contributed by atoms with Gasteiger partial charge in [-0.1, -0.05) is 39.0 Å². The summed E-state index contributed by atoms with van der Waals surface area (Å²) in [5.74, 6) is 1.62. The van der Waals surface area contributed by atoms with Crippen molar-refractivity contribution in [2.75, 3.05) is 18.0 Å². The summed E-state index contributed by atoms with van der Waals surface area (Å²) in [6.07, 6.45) is 2.65. The maximum Gasteiger partial charge on any atom is 0.227 e. The van der Waals surface area contributed by atoms with Gasteiger partial charge in [0, 0.05) is 18.7 Å². The molecule has 1 aromatic rings. The van der Waals surface area contributed by atoms with Gasteiger partial charge in [-0.2, -0.15) is 0 Å². The van der Waals surface area contributed by atoms with E-state index in [-0.39, 0.29) is 5.91 Å². The summed E-state index contributed by atoms with van der Waals surface area (Å²) in [5, 5.41) is 0. The highest BCUT2D eigenvalue weighted by molar-refractivity contribution is 5.94. The van der Waals surface area contributed by atoms with E-state index in [1.807, 2.05) is 11.0 Å². The van der Waals surface area contributed by atoms with Crippen LogP contribution in [0.3, 0.4) is 0 Å². The molecule has 0 spiro atoms. The van der Waals surface area contributed by atoms with Crippen molar-refractivity contribution in [2.45, 2.75) is 40.0 Å². The molecule has 0 saturated carbocycles. The van der Waals surface area contributed by atoms with E-state index >= 15 is 0 Å². The minimum atomic E-state index is 0.227. The molecule has 3 nitrogen and oxygen atoms in total. The summed E-state index contributed by atoms with van der Waals surface area (Å²) in [7, 11) is 0. The average molecular weight is 288 g/mol. The standard InChI is InChI=1S/C18H28N2O/c1-13(2)8-15(11-19)10-18(21)20-12-14(3)9-16-6-4-5-7-17(16)20/h4-7,13-15H,8-12,19H2,1-3H3. The van der Waals surface area contributed by atoms with Crippen molar-refractivity contribution in [3.8, 4) is 0 Å². The Labute approximate surface area is 128 Å². The second kappa shape index (κ2) is 7.08. The first kappa shape index (κ1) is 16.0. The zero-order valence-electron chi connectivity index (χ0n) is 13.5. The van der Waals surface area contributed by atoms with Gasteiger partial charge in [0.05, 0.1) is 0 Å². The number of para-hydroxylation sites is 1. The van der Waals surface area contributed by atoms with E-state index < -0.39 is 0 Å². The summed E-state index contributed by atoms with van der Waals surface area (Å²) < 4.78 is 0. The maximum atomic E-state index is 12.7. The Balaban J connectivity index is 2.12. The van der Waals surface area contributed by atoms with E-state index in [0.717, 1.165) is 25.1 Å². The molecule has 1 aromatic carbocycles. The predicted octanol–water partition coefficient (Wildman–Crippen LogP) is 3.22. The lowest BCUT2D eigenvalue weighted by Gasteiger charge is -2.34. The lowest BCUT2D eigenvalue weighted by molar-refractivity contribution is -0.119. The van der Waals surface area contributed by atoms with Crippen molar-refractivity contribution in [3.63, 3.8) is 0 Å². The number of rotatable bonds is 5. The van der Waals surface area contributed by atoms with E-state index in [0.29, 0.717) is 30.7 Å². The Hall–Kier alpha value is -1.35. The minimum Gasteiger partial charge on any atom is -0.330 e. The van der Waals surface area contributed by atoms with Crippen LogP contribution >= 0.6 is 0 Å². The molecule has 116 valence electrons. The summed E-state index contributed by atoms with van der Waals surface area (Å²) in [4.78, 5) is 14.7. The van der Waals surface area contributed by atoms with Gasteiger partial charge in [0.2, 0.25) is 5.91 Å². The second-order valence-electron chi connectivity index (χ2n) is 6.88. The summed E-state index contributed by atoms with van der Waals surface area (Å²) >= 11 is 0. The van der Waals surface area contributed by atoms with Crippen LogP contribution in [0.25, 0.3) is 0 Å². The summed E-state index contributed by atoms with van der Waals surface area (Å²) in [6.45, 7) is 8.01. The van der Waals surface area contributed by atoms with Crippen LogP contribution < -0.4 is 10.6 Å². The first-order valence-corrected chi connectivity index (χ1v) is 8.09. The first-order valence-electron chi connectivity index (χ1n) is 8.09. The number of carbonyl (C=O) groups excluding carboxylic acids is 1. The number of carbonyl (C=O) groups is 1. The zero-order valence-corrected chi connectivity index (χ0v) is 13.5. The lowest BCUT2D eigenvalue weighted by Crippen LogP contribution is -2.40. The van der Waals surface area contributed by atoms with E-state index in [1.165, 1.54) is 5.56 Å². The number of amides is 1. The van der Waals surface area contributed by atoms with Crippen LogP contribution in [0.5, 0.6) is 0 Å². The van der Waals surface area contributed by atoms with E-state index in [4.69, 9.17) is 5.73 Å². The third-order valence-electron chi connectivity index (χ3n) is 4.25. The normalized spacial score (nSPS) is 19.5. The molecule has 2 unspecified atom stereocenters. The maximum absolute atomic E-state index is 12.7. The number of anilines is 1. The van der Waals surface area contributed by atoms with Crippen LogP contribution in [0.15, 0.2) is 24.3 Å². The Bertz CT molecular complexity index is 484. The Morgan fingerprint density at radius 2 is 2.10 bits per heavy atom. The molecule has 2 rings (SSSR count). The quantitative estimate of drug-likeness (QED) is 0.904. The van der Waals surface area contributed by atoms with Crippen molar-refractivity contribution >= 4 is 11.6 Å². The van der Waals surface area contributed by atoms with Crippen LogP contribution in [0.4, 0.5) is 5.69 Å². The monoisotopic (exact) mass is 288 g/mol. The van der Waals surface area contributed by atoms with Gasteiger partial charge >= 0.3 is 0 Å². The zero-order chi connectivity index (χ0) is 15.4. The lowest BCUT2D eigenvalue weighted by atomic mass is 9.91. The molecule has 0 fully saturated rings. The average Bonchev–Trinajstić information content (AvgIpc) is 2.44. The number of hydrogen-bond donors (Lipinski definition) is 1. The van der Waals surface area contributed by atoms with Gasteiger partial charge in [-0.05, 0) is 48.8 Å². The van der Waals surface area contributed by atoms with E-state index in [1.54, 1.807) is 0 Å². The van der Waals surface area contributed by atoms with E-state index in [9.17, 15) is 4.79 Å². The molecule has 0 aromatic heterocycles. The molecule has 1 aliphatic heterocycles. The van der Waals surface area contributed by atoms with Crippen molar-refractivity contribution in [3.05, 3.63) is 29.8 Å². The third kappa shape index (κ3) is 4.07. The van der Waals surface area contributed by atoms with Crippen LogP contribution in [0, 0.1) is 17.8 Å². The smallest absolute Gasteiger partial charge is 0.227 e. The van der Waals surface area contributed by atoms with Gasteiger partial charge in [0.25, 0.3) is 0 Å². The topological polar surface area (TPSA) is 46.3 Å². The molecule has 0 aliphatic carbocycles. The molecule has 1 amide bonds. The first-order chi connectivity index (χ1) is 10.0. The molecule has 0 radical (unpaired) electrons. The summed E-state index contributed by atoms with van der Waals surface area (Å²) in [6, 6.07) is 8.28. The van der Waals surface area contributed by atoms with Crippen LogP contribution in [0.2, 0.25) is 0 Å². The van der Waals surface area contributed by atoms with Gasteiger partial charge < -0.3 is 10.6 Å². The van der Waals surface area contributed by atoms with Crippen molar-refractivity contribution in [2.24, 2.45) is 23.5 Å². The molecular formula is C18H28N2O. The third-order valence-corrected chi connectivity index (χ3v) is 4.25. The highest BCUT2D eigenvalue weighted by Gasteiger charge is 2.27.